The summed E-state index contributed by atoms with van der Waals surface area (Å²) in [6.07, 6.45) is 0. The Kier molecular flexibility index (Phi) is 6.58. The number of rotatable bonds is 5. The van der Waals surface area contributed by atoms with E-state index >= 15 is 0 Å². The van der Waals surface area contributed by atoms with Gasteiger partial charge in [0.15, 0.2) is 11.6 Å². The zero-order valence-corrected chi connectivity index (χ0v) is 14.8. The Labute approximate surface area is 157 Å². The molecule has 0 fully saturated rings. The predicted octanol–water partition coefficient (Wildman–Crippen LogP) is 4.08. The first-order chi connectivity index (χ1) is 11.8. The van der Waals surface area contributed by atoms with Crippen LogP contribution in [0.3, 0.4) is 0 Å². The summed E-state index contributed by atoms with van der Waals surface area (Å²) in [5.41, 5.74) is 0.112. The second-order valence-corrected chi connectivity index (χ2v) is 6.11. The summed E-state index contributed by atoms with van der Waals surface area (Å²) in [7, 11) is 0. The van der Waals surface area contributed by atoms with Crippen LogP contribution in [0.5, 0.6) is 0 Å². The summed E-state index contributed by atoms with van der Waals surface area (Å²) in [5, 5.41) is 5.37. The molecular formula is C16H11Cl3F2N2O2. The summed E-state index contributed by atoms with van der Waals surface area (Å²) in [6.45, 7) is 0.160. The molecule has 0 spiro atoms. The van der Waals surface area contributed by atoms with Gasteiger partial charge >= 0.3 is 0 Å². The second-order valence-electron chi connectivity index (χ2n) is 4.89. The van der Waals surface area contributed by atoms with Crippen molar-refractivity contribution in [2.75, 3.05) is 13.1 Å². The van der Waals surface area contributed by atoms with E-state index in [0.717, 1.165) is 6.07 Å². The lowest BCUT2D eigenvalue weighted by molar-refractivity contribution is 0.0927. The lowest BCUT2D eigenvalue weighted by atomic mass is 10.2. The van der Waals surface area contributed by atoms with Crippen molar-refractivity contribution in [1.29, 1.82) is 0 Å². The minimum absolute atomic E-state index is 0.0568. The summed E-state index contributed by atoms with van der Waals surface area (Å²) < 4.78 is 26.1. The smallest absolute Gasteiger partial charge is 0.252 e. The minimum atomic E-state index is -1.18. The number of amides is 2. The first-order valence-electron chi connectivity index (χ1n) is 6.95. The van der Waals surface area contributed by atoms with Gasteiger partial charge in [-0.3, -0.25) is 9.59 Å². The fraction of sp³-hybridized carbons (Fsp3) is 0.125. The van der Waals surface area contributed by atoms with Crippen LogP contribution in [-0.2, 0) is 0 Å². The number of halogens is 5. The Bertz CT molecular complexity index is 831. The van der Waals surface area contributed by atoms with Crippen LogP contribution in [0.4, 0.5) is 8.78 Å². The van der Waals surface area contributed by atoms with Gasteiger partial charge in [0.25, 0.3) is 11.8 Å². The Morgan fingerprint density at radius 3 is 2.04 bits per heavy atom. The van der Waals surface area contributed by atoms with Crippen LogP contribution in [0.2, 0.25) is 15.1 Å². The quantitative estimate of drug-likeness (QED) is 0.579. The van der Waals surface area contributed by atoms with E-state index < -0.39 is 23.4 Å². The van der Waals surface area contributed by atoms with Crippen LogP contribution < -0.4 is 10.6 Å². The molecule has 25 heavy (non-hydrogen) atoms. The van der Waals surface area contributed by atoms with Crippen molar-refractivity contribution in [1.82, 2.24) is 10.6 Å². The number of nitrogens with one attached hydrogen (secondary N) is 2. The molecule has 2 aromatic carbocycles. The average Bonchev–Trinajstić information content (AvgIpc) is 2.57. The Hall–Kier alpha value is -1.89. The summed E-state index contributed by atoms with van der Waals surface area (Å²) in [6, 6.07) is 5.84. The number of hydrogen-bond donors (Lipinski definition) is 2. The van der Waals surface area contributed by atoms with E-state index in [1.165, 1.54) is 18.2 Å². The summed E-state index contributed by atoms with van der Waals surface area (Å²) >= 11 is 17.3. The maximum Gasteiger partial charge on any atom is 0.252 e. The zero-order chi connectivity index (χ0) is 18.6. The van der Waals surface area contributed by atoms with E-state index in [9.17, 15) is 18.4 Å². The molecule has 2 N–H and O–H groups in total. The third-order valence-corrected chi connectivity index (χ3v) is 4.18. The van der Waals surface area contributed by atoms with E-state index in [4.69, 9.17) is 34.8 Å². The lowest BCUT2D eigenvalue weighted by Crippen LogP contribution is -2.34. The first kappa shape index (κ1) is 19.4. The van der Waals surface area contributed by atoms with Crippen molar-refractivity contribution in [3.63, 3.8) is 0 Å². The molecule has 0 atom stereocenters. The first-order valence-corrected chi connectivity index (χ1v) is 8.09. The number of carbonyl (C=O) groups excluding carboxylic acids is 2. The van der Waals surface area contributed by atoms with Crippen molar-refractivity contribution in [2.24, 2.45) is 0 Å². The molecule has 0 heterocycles. The molecule has 0 unspecified atom stereocenters. The Morgan fingerprint density at radius 1 is 0.800 bits per heavy atom. The molecule has 0 bridgehead atoms. The van der Waals surface area contributed by atoms with Crippen molar-refractivity contribution in [3.8, 4) is 0 Å². The van der Waals surface area contributed by atoms with Crippen LogP contribution in [-0.4, -0.2) is 24.9 Å². The van der Waals surface area contributed by atoms with Crippen LogP contribution >= 0.6 is 34.8 Å². The molecular weight excluding hydrogens is 397 g/mol. The Morgan fingerprint density at radius 2 is 1.40 bits per heavy atom. The van der Waals surface area contributed by atoms with Crippen molar-refractivity contribution in [3.05, 3.63) is 68.2 Å². The van der Waals surface area contributed by atoms with Crippen LogP contribution in [0.25, 0.3) is 0 Å². The van der Waals surface area contributed by atoms with Gasteiger partial charge in [-0.25, -0.2) is 8.78 Å². The summed E-state index contributed by atoms with van der Waals surface area (Å²) in [4.78, 5) is 23.8. The standard InChI is InChI=1S/C16H11Cl3F2N2O2/c17-10-2-1-8(5-12(10)19)15(24)22-3-4-23-16(25)9-6-13(20)14(21)7-11(9)18/h1-2,5-7H,3-4H2,(H,22,24)(H,23,25). The van der Waals surface area contributed by atoms with E-state index in [0.29, 0.717) is 16.7 Å². The third-order valence-electron chi connectivity index (χ3n) is 3.13. The molecule has 0 aliphatic heterocycles. The van der Waals surface area contributed by atoms with Crippen LogP contribution in [0, 0.1) is 11.6 Å². The topological polar surface area (TPSA) is 58.2 Å². The highest BCUT2D eigenvalue weighted by molar-refractivity contribution is 6.42. The monoisotopic (exact) mass is 406 g/mol. The molecule has 0 saturated carbocycles. The SMILES string of the molecule is O=C(NCCNC(=O)c1cc(F)c(F)cc1Cl)c1ccc(Cl)c(Cl)c1. The normalized spacial score (nSPS) is 10.4. The highest BCUT2D eigenvalue weighted by atomic mass is 35.5. The van der Waals surface area contributed by atoms with E-state index in [1.807, 2.05) is 0 Å². The highest BCUT2D eigenvalue weighted by Gasteiger charge is 2.15. The molecule has 0 aliphatic carbocycles. The second kappa shape index (κ2) is 8.47. The maximum atomic E-state index is 13.2. The van der Waals surface area contributed by atoms with E-state index in [2.05, 4.69) is 10.6 Å². The molecule has 0 aliphatic rings. The molecule has 9 heteroatoms. The van der Waals surface area contributed by atoms with Gasteiger partial charge in [0.05, 0.1) is 20.6 Å². The number of benzene rings is 2. The fourth-order valence-corrected chi connectivity index (χ4v) is 2.42. The van der Waals surface area contributed by atoms with Gasteiger partial charge in [0.2, 0.25) is 0 Å². The largest absolute Gasteiger partial charge is 0.350 e. The highest BCUT2D eigenvalue weighted by Crippen LogP contribution is 2.22. The number of carbonyl (C=O) groups is 2. The van der Waals surface area contributed by atoms with Gasteiger partial charge in [0, 0.05) is 18.7 Å². The minimum Gasteiger partial charge on any atom is -0.350 e. The van der Waals surface area contributed by atoms with Crippen molar-refractivity contribution >= 4 is 46.6 Å². The zero-order valence-electron chi connectivity index (χ0n) is 12.5. The average molecular weight is 408 g/mol. The van der Waals surface area contributed by atoms with E-state index in [-0.39, 0.29) is 28.7 Å². The van der Waals surface area contributed by atoms with Crippen LogP contribution in [0.15, 0.2) is 30.3 Å². The van der Waals surface area contributed by atoms with Gasteiger partial charge in [0.1, 0.15) is 0 Å². The molecule has 2 amide bonds. The van der Waals surface area contributed by atoms with Gasteiger partial charge in [-0.1, -0.05) is 34.8 Å². The molecule has 2 aromatic rings. The fourth-order valence-electron chi connectivity index (χ4n) is 1.88. The molecule has 0 aromatic heterocycles. The lowest BCUT2D eigenvalue weighted by Gasteiger charge is -2.09. The van der Waals surface area contributed by atoms with Crippen molar-refractivity contribution < 1.29 is 18.4 Å². The molecule has 2 rings (SSSR count). The van der Waals surface area contributed by atoms with Crippen molar-refractivity contribution in [2.45, 2.75) is 0 Å². The van der Waals surface area contributed by atoms with Gasteiger partial charge in [-0.2, -0.15) is 0 Å². The summed E-state index contributed by atoms with van der Waals surface area (Å²) in [5.74, 6) is -3.41. The molecule has 132 valence electrons. The van der Waals surface area contributed by atoms with Gasteiger partial charge in [-0.15, -0.1) is 0 Å². The Balaban J connectivity index is 1.86. The van der Waals surface area contributed by atoms with Gasteiger partial charge in [-0.05, 0) is 30.3 Å². The third kappa shape index (κ3) is 5.04. The van der Waals surface area contributed by atoms with Crippen LogP contribution in [0.1, 0.15) is 20.7 Å². The molecule has 0 radical (unpaired) electrons. The van der Waals surface area contributed by atoms with E-state index in [1.54, 1.807) is 0 Å². The predicted molar refractivity (Wildman–Crippen MR) is 92.5 cm³/mol. The molecule has 4 nitrogen and oxygen atoms in total. The molecule has 0 saturated heterocycles. The number of hydrogen-bond acceptors (Lipinski definition) is 2. The maximum absolute atomic E-state index is 13.2. The van der Waals surface area contributed by atoms with Gasteiger partial charge < -0.3 is 10.6 Å².